The lowest BCUT2D eigenvalue weighted by Crippen LogP contribution is -2.18. The van der Waals surface area contributed by atoms with Crippen molar-refractivity contribution in [3.63, 3.8) is 0 Å². The van der Waals surface area contributed by atoms with Gasteiger partial charge < -0.3 is 5.32 Å². The average molecular weight is 223 g/mol. The van der Waals surface area contributed by atoms with Crippen molar-refractivity contribution < 1.29 is 0 Å². The molecular weight excluding hydrogens is 202 g/mol. The molecule has 0 amide bonds. The molecule has 1 nitrogen and oxygen atoms in total. The van der Waals surface area contributed by atoms with Crippen LogP contribution in [0.1, 0.15) is 30.5 Å². The highest BCUT2D eigenvalue weighted by Gasteiger charge is 2.08. The van der Waals surface area contributed by atoms with E-state index < -0.39 is 0 Å². The standard InChI is InChI=1S/C13H21NS/c1-4-8-15-10-13(14-3)12-7-5-6-11(2)9-12/h5-7,9,13-14H,4,8,10H2,1-3H3. The first-order valence-electron chi connectivity index (χ1n) is 5.59. The zero-order valence-corrected chi connectivity index (χ0v) is 10.7. The van der Waals surface area contributed by atoms with Crippen molar-refractivity contribution in [1.82, 2.24) is 5.32 Å². The molecule has 0 aliphatic rings. The molecule has 0 bridgehead atoms. The van der Waals surface area contributed by atoms with Crippen LogP contribution in [0.4, 0.5) is 0 Å². The number of aryl methyl sites for hydroxylation is 1. The first-order chi connectivity index (χ1) is 7.27. The monoisotopic (exact) mass is 223 g/mol. The van der Waals surface area contributed by atoms with Gasteiger partial charge in [0.25, 0.3) is 0 Å². The normalized spacial score (nSPS) is 12.7. The van der Waals surface area contributed by atoms with Gasteiger partial charge >= 0.3 is 0 Å². The molecule has 0 aromatic heterocycles. The minimum Gasteiger partial charge on any atom is -0.312 e. The third kappa shape index (κ3) is 4.27. The Hall–Kier alpha value is -0.470. The van der Waals surface area contributed by atoms with Gasteiger partial charge in [0.05, 0.1) is 0 Å². The van der Waals surface area contributed by atoms with Crippen molar-refractivity contribution in [1.29, 1.82) is 0 Å². The summed E-state index contributed by atoms with van der Waals surface area (Å²) in [6.45, 7) is 4.38. The summed E-state index contributed by atoms with van der Waals surface area (Å²) in [7, 11) is 2.04. The van der Waals surface area contributed by atoms with Gasteiger partial charge in [-0.1, -0.05) is 36.8 Å². The van der Waals surface area contributed by atoms with E-state index in [4.69, 9.17) is 0 Å². The van der Waals surface area contributed by atoms with Crippen molar-refractivity contribution in [3.05, 3.63) is 35.4 Å². The predicted molar refractivity (Wildman–Crippen MR) is 70.6 cm³/mol. The second-order valence-electron chi connectivity index (χ2n) is 3.83. The Morgan fingerprint density at radius 2 is 2.20 bits per heavy atom. The van der Waals surface area contributed by atoms with Crippen LogP contribution in [0.25, 0.3) is 0 Å². The molecular formula is C13H21NS. The molecule has 1 rings (SSSR count). The van der Waals surface area contributed by atoms with E-state index in [1.807, 2.05) is 18.8 Å². The van der Waals surface area contributed by atoms with Gasteiger partial charge in [0, 0.05) is 11.8 Å². The molecule has 0 saturated heterocycles. The largest absolute Gasteiger partial charge is 0.312 e. The van der Waals surface area contributed by atoms with Crippen LogP contribution in [0.15, 0.2) is 24.3 Å². The van der Waals surface area contributed by atoms with Gasteiger partial charge in [0.2, 0.25) is 0 Å². The molecule has 1 aromatic carbocycles. The molecule has 84 valence electrons. The number of hydrogen-bond donors (Lipinski definition) is 1. The summed E-state index contributed by atoms with van der Waals surface area (Å²) in [6, 6.07) is 9.25. The molecule has 0 heterocycles. The Labute approximate surface area is 97.7 Å². The Kier molecular flexibility index (Phi) is 5.81. The SMILES string of the molecule is CCCSCC(NC)c1cccc(C)c1. The lowest BCUT2D eigenvalue weighted by Gasteiger charge is -2.16. The Morgan fingerprint density at radius 3 is 2.80 bits per heavy atom. The van der Waals surface area contributed by atoms with Crippen LogP contribution in [-0.2, 0) is 0 Å². The smallest absolute Gasteiger partial charge is 0.0409 e. The summed E-state index contributed by atoms with van der Waals surface area (Å²) in [4.78, 5) is 0. The Bertz CT molecular complexity index is 286. The van der Waals surface area contributed by atoms with Gasteiger partial charge in [0.15, 0.2) is 0 Å². The van der Waals surface area contributed by atoms with Crippen LogP contribution < -0.4 is 5.32 Å². The molecule has 1 aromatic rings. The van der Waals surface area contributed by atoms with Crippen LogP contribution in [0.3, 0.4) is 0 Å². The third-order valence-corrected chi connectivity index (χ3v) is 3.69. The Balaban J connectivity index is 2.57. The van der Waals surface area contributed by atoms with Crippen molar-refractivity contribution in [2.45, 2.75) is 26.3 Å². The number of benzene rings is 1. The van der Waals surface area contributed by atoms with Crippen molar-refractivity contribution in [2.75, 3.05) is 18.6 Å². The number of hydrogen-bond acceptors (Lipinski definition) is 2. The topological polar surface area (TPSA) is 12.0 Å². The fourth-order valence-corrected chi connectivity index (χ4v) is 2.63. The van der Waals surface area contributed by atoms with Crippen LogP contribution in [0, 0.1) is 6.92 Å². The molecule has 0 fully saturated rings. The van der Waals surface area contributed by atoms with Gasteiger partial charge in [-0.15, -0.1) is 0 Å². The van der Waals surface area contributed by atoms with Gasteiger partial charge in [-0.2, -0.15) is 11.8 Å². The van der Waals surface area contributed by atoms with Crippen LogP contribution in [0.2, 0.25) is 0 Å². The van der Waals surface area contributed by atoms with Crippen molar-refractivity contribution in [3.8, 4) is 0 Å². The minimum absolute atomic E-state index is 0.487. The Morgan fingerprint density at radius 1 is 1.40 bits per heavy atom. The summed E-state index contributed by atoms with van der Waals surface area (Å²) in [5.74, 6) is 2.41. The van der Waals surface area contributed by atoms with E-state index in [1.165, 1.54) is 23.3 Å². The van der Waals surface area contributed by atoms with E-state index in [0.29, 0.717) is 6.04 Å². The van der Waals surface area contributed by atoms with Crippen LogP contribution >= 0.6 is 11.8 Å². The fourth-order valence-electron chi connectivity index (χ4n) is 1.58. The second-order valence-corrected chi connectivity index (χ2v) is 4.98. The molecule has 0 saturated carbocycles. The van der Waals surface area contributed by atoms with E-state index in [9.17, 15) is 0 Å². The molecule has 0 aliphatic carbocycles. The van der Waals surface area contributed by atoms with E-state index >= 15 is 0 Å². The lowest BCUT2D eigenvalue weighted by molar-refractivity contribution is 0.661. The van der Waals surface area contributed by atoms with E-state index in [1.54, 1.807) is 0 Å². The maximum absolute atomic E-state index is 3.38. The maximum atomic E-state index is 3.38. The molecule has 0 aliphatic heterocycles. The molecule has 1 unspecified atom stereocenters. The first kappa shape index (κ1) is 12.6. The fraction of sp³-hybridized carbons (Fsp3) is 0.538. The van der Waals surface area contributed by atoms with E-state index in [0.717, 1.165) is 5.75 Å². The first-order valence-corrected chi connectivity index (χ1v) is 6.75. The van der Waals surface area contributed by atoms with E-state index in [-0.39, 0.29) is 0 Å². The third-order valence-electron chi connectivity index (χ3n) is 2.43. The zero-order chi connectivity index (χ0) is 11.1. The molecule has 2 heteroatoms. The summed E-state index contributed by atoms with van der Waals surface area (Å²) in [6.07, 6.45) is 1.26. The van der Waals surface area contributed by atoms with E-state index in [2.05, 4.69) is 43.4 Å². The highest BCUT2D eigenvalue weighted by molar-refractivity contribution is 7.99. The quantitative estimate of drug-likeness (QED) is 0.742. The minimum atomic E-state index is 0.487. The molecule has 0 spiro atoms. The van der Waals surface area contributed by atoms with Crippen molar-refractivity contribution in [2.24, 2.45) is 0 Å². The molecule has 0 radical (unpaired) electrons. The zero-order valence-electron chi connectivity index (χ0n) is 9.92. The average Bonchev–Trinajstić information content (AvgIpc) is 2.24. The second kappa shape index (κ2) is 6.91. The number of rotatable bonds is 6. The molecule has 15 heavy (non-hydrogen) atoms. The molecule has 1 atom stereocenters. The van der Waals surface area contributed by atoms with Crippen LogP contribution in [0.5, 0.6) is 0 Å². The van der Waals surface area contributed by atoms with Gasteiger partial charge in [0.1, 0.15) is 0 Å². The van der Waals surface area contributed by atoms with Gasteiger partial charge in [-0.3, -0.25) is 0 Å². The van der Waals surface area contributed by atoms with Crippen molar-refractivity contribution >= 4 is 11.8 Å². The lowest BCUT2D eigenvalue weighted by atomic mass is 10.1. The van der Waals surface area contributed by atoms with Gasteiger partial charge in [-0.25, -0.2) is 0 Å². The maximum Gasteiger partial charge on any atom is 0.0409 e. The summed E-state index contributed by atoms with van der Waals surface area (Å²) >= 11 is 2.02. The highest BCUT2D eigenvalue weighted by Crippen LogP contribution is 2.19. The summed E-state index contributed by atoms with van der Waals surface area (Å²) in [5, 5.41) is 3.38. The highest BCUT2D eigenvalue weighted by atomic mass is 32.2. The molecule has 1 N–H and O–H groups in total. The number of thioether (sulfide) groups is 1. The number of nitrogens with one attached hydrogen (secondary N) is 1. The van der Waals surface area contributed by atoms with Gasteiger partial charge in [-0.05, 0) is 31.7 Å². The summed E-state index contributed by atoms with van der Waals surface area (Å²) in [5.41, 5.74) is 2.74. The van der Waals surface area contributed by atoms with Crippen LogP contribution in [-0.4, -0.2) is 18.6 Å². The summed E-state index contributed by atoms with van der Waals surface area (Å²) < 4.78 is 0. The predicted octanol–water partition coefficient (Wildman–Crippen LogP) is 3.40.